The Balaban J connectivity index is 1.92. The molecule has 0 spiro atoms. The van der Waals surface area contributed by atoms with Gasteiger partial charge in [-0.2, -0.15) is 5.10 Å². The predicted molar refractivity (Wildman–Crippen MR) is 108 cm³/mol. The maximum atomic E-state index is 12.4. The quantitative estimate of drug-likeness (QED) is 0.417. The molecule has 3 aromatic rings. The van der Waals surface area contributed by atoms with Crippen molar-refractivity contribution in [3.63, 3.8) is 0 Å². The van der Waals surface area contributed by atoms with Crippen LogP contribution < -0.4 is 10.1 Å². The first kappa shape index (κ1) is 19.8. The van der Waals surface area contributed by atoms with E-state index < -0.39 is 10.8 Å². The number of nitrogens with one attached hydrogen (secondary N) is 1. The van der Waals surface area contributed by atoms with Crippen molar-refractivity contribution in [1.29, 1.82) is 0 Å². The molecule has 0 aliphatic heterocycles. The Bertz CT molecular complexity index is 1080. The summed E-state index contributed by atoms with van der Waals surface area (Å²) in [4.78, 5) is 23.2. The van der Waals surface area contributed by atoms with E-state index in [-0.39, 0.29) is 22.8 Å². The van der Waals surface area contributed by atoms with Crippen molar-refractivity contribution in [2.75, 3.05) is 5.32 Å². The molecule has 10 heteroatoms. The van der Waals surface area contributed by atoms with E-state index >= 15 is 0 Å². The number of halogens is 2. The molecule has 1 amide bonds. The van der Waals surface area contributed by atoms with Crippen LogP contribution in [0.2, 0.25) is 5.02 Å². The lowest BCUT2D eigenvalue weighted by Crippen LogP contribution is -2.13. The molecule has 144 valence electrons. The molecular formula is C18H14BrClN4O4. The van der Waals surface area contributed by atoms with Gasteiger partial charge in [0.15, 0.2) is 5.69 Å². The number of nitro benzene ring substituents is 1. The number of nitrogens with zero attached hydrogens (tertiary/aromatic N) is 3. The molecule has 1 aromatic heterocycles. The molecule has 1 N–H and O–H groups in total. The molecule has 0 aliphatic carbocycles. The van der Waals surface area contributed by atoms with Gasteiger partial charge in [0.2, 0.25) is 0 Å². The summed E-state index contributed by atoms with van der Waals surface area (Å²) in [6.45, 7) is 1.81. The predicted octanol–water partition coefficient (Wildman–Crippen LogP) is 5.10. The molecule has 0 atom stereocenters. The third-order valence-corrected chi connectivity index (χ3v) is 4.54. The Labute approximate surface area is 173 Å². The molecule has 0 bridgehead atoms. The van der Waals surface area contributed by atoms with Gasteiger partial charge in [0.05, 0.1) is 21.1 Å². The number of aromatic nitrogens is 2. The second kappa shape index (κ2) is 7.99. The van der Waals surface area contributed by atoms with Crippen LogP contribution in [0.1, 0.15) is 16.1 Å². The second-order valence-electron chi connectivity index (χ2n) is 5.94. The van der Waals surface area contributed by atoms with Crippen LogP contribution in [-0.2, 0) is 7.05 Å². The van der Waals surface area contributed by atoms with Gasteiger partial charge < -0.3 is 10.1 Å². The summed E-state index contributed by atoms with van der Waals surface area (Å²) in [7, 11) is 1.68. The van der Waals surface area contributed by atoms with Gasteiger partial charge in [-0.15, -0.1) is 0 Å². The summed E-state index contributed by atoms with van der Waals surface area (Å²) >= 11 is 9.19. The van der Waals surface area contributed by atoms with E-state index in [0.29, 0.717) is 15.2 Å². The number of rotatable bonds is 5. The fourth-order valence-electron chi connectivity index (χ4n) is 2.48. The third-order valence-electron chi connectivity index (χ3n) is 3.72. The number of non-ortho nitro benzene ring substituents is 1. The van der Waals surface area contributed by atoms with Crippen molar-refractivity contribution in [1.82, 2.24) is 9.78 Å². The topological polar surface area (TPSA) is 99.3 Å². The zero-order valence-corrected chi connectivity index (χ0v) is 17.1. The molecule has 8 nitrogen and oxygen atoms in total. The molecule has 0 unspecified atom stereocenters. The number of nitro groups is 1. The lowest BCUT2D eigenvalue weighted by atomic mass is 10.2. The maximum Gasteiger partial charge on any atom is 0.277 e. The molecule has 0 saturated heterocycles. The highest BCUT2D eigenvalue weighted by atomic mass is 79.9. The van der Waals surface area contributed by atoms with E-state index in [1.54, 1.807) is 38.4 Å². The van der Waals surface area contributed by atoms with E-state index in [1.165, 1.54) is 22.9 Å². The van der Waals surface area contributed by atoms with Crippen molar-refractivity contribution in [2.24, 2.45) is 7.05 Å². The molecule has 0 saturated carbocycles. The number of carbonyl (C=O) groups excluding carboxylic acids is 1. The van der Waals surface area contributed by atoms with E-state index in [4.69, 9.17) is 16.3 Å². The monoisotopic (exact) mass is 464 g/mol. The van der Waals surface area contributed by atoms with E-state index in [2.05, 4.69) is 26.3 Å². The van der Waals surface area contributed by atoms with Crippen LogP contribution in [0.5, 0.6) is 11.5 Å². The zero-order valence-electron chi connectivity index (χ0n) is 14.8. The van der Waals surface area contributed by atoms with Crippen LogP contribution in [0.15, 0.2) is 47.1 Å². The first-order valence-corrected chi connectivity index (χ1v) is 9.14. The lowest BCUT2D eigenvalue weighted by Gasteiger charge is -2.11. The summed E-state index contributed by atoms with van der Waals surface area (Å²) in [5, 5.41) is 18.5. The molecule has 1 heterocycles. The summed E-state index contributed by atoms with van der Waals surface area (Å²) in [6, 6.07) is 9.06. The standard InChI is InChI=1S/C18H14BrClN4O4/c1-10-5-11(20)3-4-16(10)28-14-7-12(6-13(8-14)24(26)27)21-18(25)17-15(19)9-23(2)22-17/h3-9H,1-2H3,(H,21,25). The highest BCUT2D eigenvalue weighted by molar-refractivity contribution is 9.10. The van der Waals surface area contributed by atoms with Crippen molar-refractivity contribution in [3.8, 4) is 11.5 Å². The number of aryl methyl sites for hydroxylation is 2. The van der Waals surface area contributed by atoms with Crippen molar-refractivity contribution < 1.29 is 14.5 Å². The smallest absolute Gasteiger partial charge is 0.277 e. The van der Waals surface area contributed by atoms with Crippen LogP contribution in [0.3, 0.4) is 0 Å². The van der Waals surface area contributed by atoms with E-state index in [9.17, 15) is 14.9 Å². The van der Waals surface area contributed by atoms with Gasteiger partial charge in [-0.1, -0.05) is 11.6 Å². The molecular weight excluding hydrogens is 452 g/mol. The highest BCUT2D eigenvalue weighted by Crippen LogP contribution is 2.32. The number of amides is 1. The van der Waals surface area contributed by atoms with E-state index in [0.717, 1.165) is 5.56 Å². The highest BCUT2D eigenvalue weighted by Gasteiger charge is 2.18. The van der Waals surface area contributed by atoms with Crippen LogP contribution >= 0.6 is 27.5 Å². The number of hydrogen-bond donors (Lipinski definition) is 1. The Morgan fingerprint density at radius 2 is 2.07 bits per heavy atom. The average molecular weight is 466 g/mol. The minimum atomic E-state index is -0.562. The Hall–Kier alpha value is -2.91. The Morgan fingerprint density at radius 3 is 2.68 bits per heavy atom. The molecule has 3 rings (SSSR count). The maximum absolute atomic E-state index is 12.4. The minimum Gasteiger partial charge on any atom is -0.457 e. The minimum absolute atomic E-state index is 0.157. The average Bonchev–Trinajstić information content (AvgIpc) is 2.95. The van der Waals surface area contributed by atoms with Crippen LogP contribution in [0, 0.1) is 17.0 Å². The second-order valence-corrected chi connectivity index (χ2v) is 7.23. The van der Waals surface area contributed by atoms with Crippen molar-refractivity contribution in [2.45, 2.75) is 6.92 Å². The van der Waals surface area contributed by atoms with Gasteiger partial charge in [-0.25, -0.2) is 0 Å². The SMILES string of the molecule is Cc1cc(Cl)ccc1Oc1cc(NC(=O)c2nn(C)cc2Br)cc([N+](=O)[O-])c1. The molecule has 0 fully saturated rings. The fourth-order valence-corrected chi connectivity index (χ4v) is 3.26. The van der Waals surface area contributed by atoms with Gasteiger partial charge in [-0.05, 0) is 46.6 Å². The largest absolute Gasteiger partial charge is 0.457 e. The normalized spacial score (nSPS) is 10.6. The molecule has 2 aromatic carbocycles. The zero-order chi connectivity index (χ0) is 20.4. The van der Waals surface area contributed by atoms with Crippen LogP contribution in [0.4, 0.5) is 11.4 Å². The summed E-state index contributed by atoms with van der Waals surface area (Å²) in [5.41, 5.74) is 0.907. The summed E-state index contributed by atoms with van der Waals surface area (Å²) in [6.07, 6.45) is 1.63. The first-order valence-electron chi connectivity index (χ1n) is 7.97. The molecule has 0 aliphatic rings. The van der Waals surface area contributed by atoms with Gasteiger partial charge in [0, 0.05) is 30.4 Å². The van der Waals surface area contributed by atoms with Crippen molar-refractivity contribution in [3.05, 3.63) is 73.5 Å². The molecule has 28 heavy (non-hydrogen) atoms. The van der Waals surface area contributed by atoms with Gasteiger partial charge in [0.1, 0.15) is 11.5 Å². The summed E-state index contributed by atoms with van der Waals surface area (Å²) < 4.78 is 7.75. The van der Waals surface area contributed by atoms with Gasteiger partial charge >= 0.3 is 0 Å². The number of anilines is 1. The number of hydrogen-bond acceptors (Lipinski definition) is 5. The van der Waals surface area contributed by atoms with Crippen LogP contribution in [-0.4, -0.2) is 20.6 Å². The first-order chi connectivity index (χ1) is 13.2. The van der Waals surface area contributed by atoms with Gasteiger partial charge in [0.25, 0.3) is 11.6 Å². The number of carbonyl (C=O) groups is 1. The van der Waals surface area contributed by atoms with Gasteiger partial charge in [-0.3, -0.25) is 19.6 Å². The summed E-state index contributed by atoms with van der Waals surface area (Å²) in [5.74, 6) is 0.186. The third kappa shape index (κ3) is 4.49. The lowest BCUT2D eigenvalue weighted by molar-refractivity contribution is -0.384. The number of benzene rings is 2. The van der Waals surface area contributed by atoms with Crippen molar-refractivity contribution >= 4 is 44.8 Å². The van der Waals surface area contributed by atoms with E-state index in [1.807, 2.05) is 0 Å². The Morgan fingerprint density at radius 1 is 1.32 bits per heavy atom. The Kier molecular flexibility index (Phi) is 5.66. The fraction of sp³-hybridized carbons (Fsp3) is 0.111. The van der Waals surface area contributed by atoms with Crippen LogP contribution in [0.25, 0.3) is 0 Å². The molecule has 0 radical (unpaired) electrons. The number of ether oxygens (including phenoxy) is 1.